The second-order valence-corrected chi connectivity index (χ2v) is 1.55. The SMILES string of the molecule is C=CNC(=O)N(C)C.N.N. The first-order chi connectivity index (χ1) is 3.68. The second-order valence-electron chi connectivity index (χ2n) is 1.55. The van der Waals surface area contributed by atoms with E-state index in [2.05, 4.69) is 11.9 Å². The monoisotopic (exact) mass is 148 g/mol. The van der Waals surface area contributed by atoms with E-state index in [-0.39, 0.29) is 18.3 Å². The maximum Gasteiger partial charge on any atom is 0.320 e. The Bertz CT molecular complexity index is 102. The molecule has 0 spiro atoms. The van der Waals surface area contributed by atoms with Crippen LogP contribution in [0.1, 0.15) is 0 Å². The Morgan fingerprint density at radius 3 is 2.00 bits per heavy atom. The average Bonchev–Trinajstić information content (AvgIpc) is 1.67. The van der Waals surface area contributed by atoms with Crippen LogP contribution in [0.2, 0.25) is 0 Å². The lowest BCUT2D eigenvalue weighted by atomic mass is 10.8. The lowest BCUT2D eigenvalue weighted by Gasteiger charge is -2.07. The highest BCUT2D eigenvalue weighted by Gasteiger charge is 1.95. The van der Waals surface area contributed by atoms with Crippen LogP contribution in [-0.2, 0) is 0 Å². The highest BCUT2D eigenvalue weighted by Crippen LogP contribution is 1.73. The minimum Gasteiger partial charge on any atom is -0.344 e. The van der Waals surface area contributed by atoms with Crippen molar-refractivity contribution < 1.29 is 4.79 Å². The van der Waals surface area contributed by atoms with Gasteiger partial charge in [0.05, 0.1) is 0 Å². The zero-order valence-corrected chi connectivity index (χ0v) is 6.55. The topological polar surface area (TPSA) is 102 Å². The Labute approximate surface area is 61.3 Å². The zero-order valence-electron chi connectivity index (χ0n) is 6.55. The smallest absolute Gasteiger partial charge is 0.320 e. The fraction of sp³-hybridized carbons (Fsp3) is 0.400. The van der Waals surface area contributed by atoms with E-state index < -0.39 is 0 Å². The third-order valence-corrected chi connectivity index (χ3v) is 0.632. The van der Waals surface area contributed by atoms with Crippen LogP contribution in [0.4, 0.5) is 4.79 Å². The molecule has 0 aromatic rings. The summed E-state index contributed by atoms with van der Waals surface area (Å²) in [5.41, 5.74) is 0. The predicted molar refractivity (Wildman–Crippen MR) is 42.5 cm³/mol. The highest BCUT2D eigenvalue weighted by molar-refractivity contribution is 5.74. The number of amides is 2. The van der Waals surface area contributed by atoms with Gasteiger partial charge in [-0.3, -0.25) is 0 Å². The molecule has 0 unspecified atom stereocenters. The molecule has 0 fully saturated rings. The van der Waals surface area contributed by atoms with Gasteiger partial charge in [0.1, 0.15) is 0 Å². The Morgan fingerprint density at radius 2 is 1.90 bits per heavy atom. The molecule has 0 atom stereocenters. The number of urea groups is 1. The van der Waals surface area contributed by atoms with Gasteiger partial charge >= 0.3 is 6.03 Å². The van der Waals surface area contributed by atoms with Crippen molar-refractivity contribution in [1.82, 2.24) is 22.5 Å². The first-order valence-corrected chi connectivity index (χ1v) is 2.27. The van der Waals surface area contributed by atoms with Gasteiger partial charge in [0.2, 0.25) is 0 Å². The van der Waals surface area contributed by atoms with E-state index in [1.807, 2.05) is 0 Å². The number of nitrogens with one attached hydrogen (secondary N) is 1. The van der Waals surface area contributed by atoms with Gasteiger partial charge in [-0.05, 0) is 6.20 Å². The summed E-state index contributed by atoms with van der Waals surface area (Å²) in [5, 5.41) is 2.40. The fourth-order valence-corrected chi connectivity index (χ4v) is 0.216. The van der Waals surface area contributed by atoms with Crippen molar-refractivity contribution in [2.75, 3.05) is 14.1 Å². The van der Waals surface area contributed by atoms with Crippen LogP contribution in [0.15, 0.2) is 12.8 Å². The van der Waals surface area contributed by atoms with E-state index in [1.54, 1.807) is 14.1 Å². The first kappa shape index (κ1) is 16.0. The molecule has 0 rings (SSSR count). The van der Waals surface area contributed by atoms with Crippen molar-refractivity contribution in [3.8, 4) is 0 Å². The summed E-state index contributed by atoms with van der Waals surface area (Å²) in [6.07, 6.45) is 1.35. The number of nitrogens with zero attached hydrogens (tertiary/aromatic N) is 1. The average molecular weight is 148 g/mol. The lowest BCUT2D eigenvalue weighted by molar-refractivity contribution is 0.221. The molecule has 2 amide bonds. The summed E-state index contributed by atoms with van der Waals surface area (Å²) in [5.74, 6) is 0. The minimum absolute atomic E-state index is 0. The quantitative estimate of drug-likeness (QED) is 0.510. The Balaban J connectivity index is -0.000000245. The molecule has 62 valence electrons. The van der Waals surface area contributed by atoms with Crippen LogP contribution < -0.4 is 17.6 Å². The molecule has 5 nitrogen and oxygen atoms in total. The molecule has 5 heteroatoms. The van der Waals surface area contributed by atoms with Crippen LogP contribution in [0.25, 0.3) is 0 Å². The molecule has 7 N–H and O–H groups in total. The van der Waals surface area contributed by atoms with Crippen LogP contribution >= 0.6 is 0 Å². The Kier molecular flexibility index (Phi) is 12.7. The number of rotatable bonds is 1. The molecule has 0 aromatic heterocycles. The van der Waals surface area contributed by atoms with Crippen LogP contribution in [0.5, 0.6) is 0 Å². The summed E-state index contributed by atoms with van der Waals surface area (Å²) in [6, 6.07) is -0.153. The maximum absolute atomic E-state index is 10.5. The van der Waals surface area contributed by atoms with Gasteiger partial charge in [-0.15, -0.1) is 0 Å². The van der Waals surface area contributed by atoms with Gasteiger partial charge < -0.3 is 22.5 Å². The van der Waals surface area contributed by atoms with Gasteiger partial charge in [0.15, 0.2) is 0 Å². The first-order valence-electron chi connectivity index (χ1n) is 2.27. The molecule has 10 heavy (non-hydrogen) atoms. The molecule has 0 saturated heterocycles. The molecule has 0 bridgehead atoms. The molecule has 0 aromatic carbocycles. The van der Waals surface area contributed by atoms with Crippen molar-refractivity contribution in [3.63, 3.8) is 0 Å². The molecule has 0 aliphatic carbocycles. The van der Waals surface area contributed by atoms with Gasteiger partial charge in [-0.1, -0.05) is 6.58 Å². The van der Waals surface area contributed by atoms with E-state index >= 15 is 0 Å². The molecule has 0 aliphatic rings. The Morgan fingerprint density at radius 1 is 1.50 bits per heavy atom. The van der Waals surface area contributed by atoms with Crippen LogP contribution in [-0.4, -0.2) is 25.0 Å². The summed E-state index contributed by atoms with van der Waals surface area (Å²) in [6.45, 7) is 3.32. The van der Waals surface area contributed by atoms with Crippen LogP contribution in [0.3, 0.4) is 0 Å². The van der Waals surface area contributed by atoms with E-state index in [9.17, 15) is 4.79 Å². The van der Waals surface area contributed by atoms with Crippen molar-refractivity contribution in [1.29, 1.82) is 0 Å². The number of hydrogen-bond acceptors (Lipinski definition) is 3. The van der Waals surface area contributed by atoms with E-state index in [0.29, 0.717) is 0 Å². The molecule has 0 radical (unpaired) electrons. The predicted octanol–water partition coefficient (Wildman–Crippen LogP) is 0.725. The molecular weight excluding hydrogens is 132 g/mol. The summed E-state index contributed by atoms with van der Waals surface area (Å²) in [4.78, 5) is 11.9. The normalized spacial score (nSPS) is 6.20. The molecular formula is C5H16N4O. The zero-order chi connectivity index (χ0) is 6.57. The minimum atomic E-state index is -0.153. The Hall–Kier alpha value is -1.07. The number of carbonyl (C=O) groups excluding carboxylic acids is 1. The second kappa shape index (κ2) is 7.93. The van der Waals surface area contributed by atoms with E-state index in [4.69, 9.17) is 0 Å². The summed E-state index contributed by atoms with van der Waals surface area (Å²) >= 11 is 0. The lowest BCUT2D eigenvalue weighted by Crippen LogP contribution is -2.30. The third kappa shape index (κ3) is 6.93. The number of carbonyl (C=O) groups is 1. The van der Waals surface area contributed by atoms with Crippen molar-refractivity contribution in [3.05, 3.63) is 12.8 Å². The van der Waals surface area contributed by atoms with Crippen molar-refractivity contribution >= 4 is 6.03 Å². The maximum atomic E-state index is 10.5. The van der Waals surface area contributed by atoms with Gasteiger partial charge in [0, 0.05) is 14.1 Å². The standard InChI is InChI=1S/C5H10N2O.2H3N/c1-4-6-5(8)7(2)3;;/h4H,1H2,2-3H3,(H,6,8);2*1H3. The van der Waals surface area contributed by atoms with Gasteiger partial charge in [-0.25, -0.2) is 4.79 Å². The molecule has 0 heterocycles. The van der Waals surface area contributed by atoms with Crippen molar-refractivity contribution in [2.24, 2.45) is 0 Å². The highest BCUT2D eigenvalue weighted by atomic mass is 16.2. The van der Waals surface area contributed by atoms with Gasteiger partial charge in [0.25, 0.3) is 0 Å². The van der Waals surface area contributed by atoms with E-state index in [0.717, 1.165) is 0 Å². The van der Waals surface area contributed by atoms with Crippen molar-refractivity contribution in [2.45, 2.75) is 0 Å². The number of hydrogen-bond donors (Lipinski definition) is 3. The van der Waals surface area contributed by atoms with Crippen LogP contribution in [0, 0.1) is 0 Å². The summed E-state index contributed by atoms with van der Waals surface area (Å²) in [7, 11) is 3.33. The summed E-state index contributed by atoms with van der Waals surface area (Å²) < 4.78 is 0. The fourth-order valence-electron chi connectivity index (χ4n) is 0.216. The third-order valence-electron chi connectivity index (χ3n) is 0.632. The largest absolute Gasteiger partial charge is 0.344 e. The molecule has 0 saturated carbocycles. The molecule has 0 aliphatic heterocycles. The van der Waals surface area contributed by atoms with Gasteiger partial charge in [-0.2, -0.15) is 0 Å². The van der Waals surface area contributed by atoms with E-state index in [1.165, 1.54) is 11.1 Å².